The highest BCUT2D eigenvalue weighted by Gasteiger charge is 2.63. The molecule has 0 bridgehead atoms. The number of allylic oxidation sites excluding steroid dienone is 2. The summed E-state index contributed by atoms with van der Waals surface area (Å²) in [5.74, 6) is 2.92. The average molecular weight is 343 g/mol. The fourth-order valence-electron chi connectivity index (χ4n) is 8.31. The van der Waals surface area contributed by atoms with Gasteiger partial charge >= 0.3 is 0 Å². The summed E-state index contributed by atoms with van der Waals surface area (Å²) in [6.07, 6.45) is 15.3. The predicted molar refractivity (Wildman–Crippen MR) is 107 cm³/mol. The Morgan fingerprint density at radius 1 is 1.00 bits per heavy atom. The Balaban J connectivity index is 1.64. The van der Waals surface area contributed by atoms with Crippen LogP contribution in [0.2, 0.25) is 0 Å². The van der Waals surface area contributed by atoms with Crippen LogP contribution in [0.25, 0.3) is 0 Å². The molecule has 4 saturated carbocycles. The molecule has 7 atom stereocenters. The summed E-state index contributed by atoms with van der Waals surface area (Å²) in [5.41, 5.74) is 3.41. The SMILES string of the molecule is C=[N+](C)C1CCC2(C)C3CCC4(C)C(=CC)CCC4C3CCC2(C)C1. The standard InChI is InChI=1S/C24H40N/c1-7-17-8-9-20-19-11-13-22(2)16-18(25(5)6)10-15-24(22,4)21(19)12-14-23(17,20)3/h7,18-21H,5,8-16H2,1-4,6H3/q+1. The zero-order chi connectivity index (χ0) is 18.0. The van der Waals surface area contributed by atoms with Crippen LogP contribution in [0, 0.1) is 34.0 Å². The Kier molecular flexibility index (Phi) is 4.06. The molecular formula is C24H40N+. The van der Waals surface area contributed by atoms with Gasteiger partial charge in [-0.25, -0.2) is 4.58 Å². The first-order valence-electron chi connectivity index (χ1n) is 10.9. The lowest BCUT2D eigenvalue weighted by molar-refractivity contribution is -0.541. The third kappa shape index (κ3) is 2.29. The molecule has 4 rings (SSSR count). The summed E-state index contributed by atoms with van der Waals surface area (Å²) in [5, 5.41) is 0. The smallest absolute Gasteiger partial charge is 0.152 e. The summed E-state index contributed by atoms with van der Waals surface area (Å²) < 4.78 is 2.25. The van der Waals surface area contributed by atoms with Gasteiger partial charge in [-0.05, 0) is 85.9 Å². The maximum Gasteiger partial charge on any atom is 0.152 e. The highest BCUT2D eigenvalue weighted by molar-refractivity contribution is 5.24. The molecule has 0 radical (unpaired) electrons. The van der Waals surface area contributed by atoms with Gasteiger partial charge < -0.3 is 0 Å². The van der Waals surface area contributed by atoms with Gasteiger partial charge in [0.05, 0.1) is 0 Å². The van der Waals surface area contributed by atoms with Crippen LogP contribution in [0.5, 0.6) is 0 Å². The molecule has 140 valence electrons. The lowest BCUT2D eigenvalue weighted by atomic mass is 9.40. The first-order chi connectivity index (χ1) is 11.7. The second-order valence-corrected chi connectivity index (χ2v) is 10.9. The Hall–Kier alpha value is -0.590. The third-order valence-electron chi connectivity index (χ3n) is 10.2. The van der Waals surface area contributed by atoms with Crippen molar-refractivity contribution in [2.45, 2.75) is 91.5 Å². The lowest BCUT2D eigenvalue weighted by Crippen LogP contribution is -2.58. The van der Waals surface area contributed by atoms with E-state index in [1.165, 1.54) is 57.8 Å². The second kappa shape index (κ2) is 5.70. The molecule has 0 aromatic carbocycles. The van der Waals surface area contributed by atoms with Gasteiger partial charge in [-0.3, -0.25) is 0 Å². The molecule has 0 saturated heterocycles. The van der Waals surface area contributed by atoms with E-state index in [2.05, 4.69) is 52.1 Å². The molecule has 1 nitrogen and oxygen atoms in total. The highest BCUT2D eigenvalue weighted by Crippen LogP contribution is 2.70. The molecule has 1 heteroatoms. The molecule has 0 amide bonds. The van der Waals surface area contributed by atoms with Gasteiger partial charge in [0.15, 0.2) is 6.04 Å². The van der Waals surface area contributed by atoms with Crippen LogP contribution in [0.15, 0.2) is 11.6 Å². The van der Waals surface area contributed by atoms with Gasteiger partial charge in [0.1, 0.15) is 13.8 Å². The van der Waals surface area contributed by atoms with Crippen LogP contribution < -0.4 is 0 Å². The molecule has 4 aliphatic rings. The van der Waals surface area contributed by atoms with Crippen molar-refractivity contribution in [1.29, 1.82) is 0 Å². The molecule has 4 aliphatic carbocycles. The van der Waals surface area contributed by atoms with E-state index in [-0.39, 0.29) is 0 Å². The Labute approximate surface area is 156 Å². The van der Waals surface area contributed by atoms with Crippen molar-refractivity contribution in [3.8, 4) is 0 Å². The normalized spacial score (nSPS) is 53.9. The van der Waals surface area contributed by atoms with E-state index in [0.717, 1.165) is 17.8 Å². The van der Waals surface area contributed by atoms with Crippen molar-refractivity contribution < 1.29 is 4.58 Å². The van der Waals surface area contributed by atoms with Gasteiger partial charge in [0, 0.05) is 12.8 Å². The fourth-order valence-corrected chi connectivity index (χ4v) is 8.31. The second-order valence-electron chi connectivity index (χ2n) is 10.9. The first-order valence-corrected chi connectivity index (χ1v) is 10.9. The van der Waals surface area contributed by atoms with Crippen LogP contribution >= 0.6 is 0 Å². The monoisotopic (exact) mass is 342 g/mol. The molecule has 7 unspecified atom stereocenters. The largest absolute Gasteiger partial charge is 0.242 e. The predicted octanol–water partition coefficient (Wildman–Crippen LogP) is 6.08. The molecular weight excluding hydrogens is 302 g/mol. The van der Waals surface area contributed by atoms with Gasteiger partial charge in [0.2, 0.25) is 0 Å². The molecule has 0 aromatic rings. The number of fused-ring (bicyclic) bond motifs is 5. The third-order valence-corrected chi connectivity index (χ3v) is 10.2. The molecule has 0 aromatic heterocycles. The van der Waals surface area contributed by atoms with Crippen LogP contribution in [0.1, 0.15) is 85.5 Å². The minimum Gasteiger partial charge on any atom is -0.242 e. The summed E-state index contributed by atoms with van der Waals surface area (Å²) in [6, 6.07) is 0.699. The van der Waals surface area contributed by atoms with E-state index in [1.54, 1.807) is 5.57 Å². The van der Waals surface area contributed by atoms with E-state index < -0.39 is 0 Å². The maximum absolute atomic E-state index is 4.23. The van der Waals surface area contributed by atoms with Crippen molar-refractivity contribution in [1.82, 2.24) is 0 Å². The molecule has 0 N–H and O–H groups in total. The number of hydrogen-bond donors (Lipinski definition) is 0. The zero-order valence-electron chi connectivity index (χ0n) is 17.4. The van der Waals surface area contributed by atoms with Gasteiger partial charge in [-0.15, -0.1) is 0 Å². The van der Waals surface area contributed by atoms with Crippen molar-refractivity contribution >= 4 is 6.72 Å². The van der Waals surface area contributed by atoms with Crippen molar-refractivity contribution in [2.75, 3.05) is 7.05 Å². The van der Waals surface area contributed by atoms with E-state index in [9.17, 15) is 0 Å². The van der Waals surface area contributed by atoms with Crippen molar-refractivity contribution in [3.05, 3.63) is 11.6 Å². The Morgan fingerprint density at radius 2 is 1.76 bits per heavy atom. The number of rotatable bonds is 1. The summed E-state index contributed by atoms with van der Waals surface area (Å²) in [6.45, 7) is 14.5. The fraction of sp³-hybridized carbons (Fsp3) is 0.875. The molecule has 0 aliphatic heterocycles. The van der Waals surface area contributed by atoms with Crippen LogP contribution in [0.4, 0.5) is 0 Å². The van der Waals surface area contributed by atoms with E-state index in [4.69, 9.17) is 0 Å². The number of nitrogens with zero attached hydrogens (tertiary/aromatic N) is 1. The maximum atomic E-state index is 4.23. The molecule has 0 spiro atoms. The van der Waals surface area contributed by atoms with E-state index in [1.807, 2.05) is 0 Å². The zero-order valence-corrected chi connectivity index (χ0v) is 17.4. The molecule has 0 heterocycles. The van der Waals surface area contributed by atoms with Crippen LogP contribution in [-0.2, 0) is 0 Å². The summed E-state index contributed by atoms with van der Waals surface area (Å²) in [7, 11) is 2.19. The van der Waals surface area contributed by atoms with E-state index in [0.29, 0.717) is 22.3 Å². The Bertz CT molecular complexity index is 603. The summed E-state index contributed by atoms with van der Waals surface area (Å²) >= 11 is 0. The minimum absolute atomic E-state index is 0.527. The quantitative estimate of drug-likeness (QED) is 0.309. The van der Waals surface area contributed by atoms with Crippen molar-refractivity contribution in [3.63, 3.8) is 0 Å². The molecule has 25 heavy (non-hydrogen) atoms. The van der Waals surface area contributed by atoms with Gasteiger partial charge in [-0.1, -0.05) is 32.4 Å². The van der Waals surface area contributed by atoms with E-state index >= 15 is 0 Å². The van der Waals surface area contributed by atoms with Crippen LogP contribution in [-0.4, -0.2) is 24.4 Å². The molecule has 4 fully saturated rings. The lowest BCUT2D eigenvalue weighted by Gasteiger charge is -2.64. The summed E-state index contributed by atoms with van der Waals surface area (Å²) in [4.78, 5) is 0. The van der Waals surface area contributed by atoms with Crippen LogP contribution in [0.3, 0.4) is 0 Å². The Morgan fingerprint density at radius 3 is 2.44 bits per heavy atom. The van der Waals surface area contributed by atoms with Gasteiger partial charge in [-0.2, -0.15) is 0 Å². The van der Waals surface area contributed by atoms with Gasteiger partial charge in [0.25, 0.3) is 0 Å². The number of hydrogen-bond acceptors (Lipinski definition) is 0. The average Bonchev–Trinajstić information content (AvgIpc) is 2.91. The minimum atomic E-state index is 0.527. The highest BCUT2D eigenvalue weighted by atomic mass is 15.0. The topological polar surface area (TPSA) is 3.01 Å². The van der Waals surface area contributed by atoms with Crippen molar-refractivity contribution in [2.24, 2.45) is 34.0 Å². The first kappa shape index (κ1) is 17.8.